The number of alkyl halides is 1. The number of nitrogens with zero attached hydrogens (tertiary/aromatic N) is 1. The highest BCUT2D eigenvalue weighted by atomic mass is 79.9. The monoisotopic (exact) mass is 403 g/mol. The van der Waals surface area contributed by atoms with E-state index in [-0.39, 0.29) is 10.7 Å². The fourth-order valence-corrected chi connectivity index (χ4v) is 2.84. The van der Waals surface area contributed by atoms with Gasteiger partial charge < -0.3 is 14.7 Å². The number of benzene rings is 1. The Morgan fingerprint density at radius 2 is 1.91 bits per heavy atom. The van der Waals surface area contributed by atoms with Crippen LogP contribution in [0.4, 0.5) is 0 Å². The van der Waals surface area contributed by atoms with E-state index in [9.17, 15) is 9.90 Å². The summed E-state index contributed by atoms with van der Waals surface area (Å²) in [5.41, 5.74) is 1.03. The zero-order valence-corrected chi connectivity index (χ0v) is 16.8. The Morgan fingerprint density at radius 1 is 1.35 bits per heavy atom. The number of carbonyl (C=O) groups excluding carboxylic acids is 1. The number of carbonyl (C=O) groups is 1. The molecule has 0 aliphatic heterocycles. The van der Waals surface area contributed by atoms with Crippen LogP contribution in [0, 0.1) is 0 Å². The lowest BCUT2D eigenvalue weighted by Crippen LogP contribution is -2.41. The summed E-state index contributed by atoms with van der Waals surface area (Å²) in [5.74, 6) is 1.26. The molecule has 1 aromatic carbocycles. The molecule has 1 N–H and O–H groups in total. The Bertz CT molecular complexity index is 500. The van der Waals surface area contributed by atoms with E-state index in [0.717, 1.165) is 11.3 Å². The highest BCUT2D eigenvalue weighted by Gasteiger charge is 2.27. The lowest BCUT2D eigenvalue weighted by molar-refractivity contribution is -0.131. The molecular weight excluding hydrogens is 378 g/mol. The predicted octanol–water partition coefficient (Wildman–Crippen LogP) is 3.66. The molecule has 0 radical (unpaired) electrons. The summed E-state index contributed by atoms with van der Waals surface area (Å²) in [4.78, 5) is 13.8. The molecule has 2 atom stereocenters. The summed E-state index contributed by atoms with van der Waals surface area (Å²) in [6, 6.07) is 7.67. The van der Waals surface area contributed by atoms with Gasteiger partial charge in [-0.05, 0) is 24.6 Å². The molecule has 1 aromatic rings. The summed E-state index contributed by atoms with van der Waals surface area (Å²) in [6.07, 6.45) is -0.736. The normalized spacial score (nSPS) is 14.2. The van der Waals surface area contributed by atoms with Gasteiger partial charge in [-0.15, -0.1) is 11.8 Å². The first-order valence-electron chi connectivity index (χ1n) is 7.52. The maximum absolute atomic E-state index is 12.6. The van der Waals surface area contributed by atoms with Gasteiger partial charge in [0.15, 0.2) is 0 Å². The van der Waals surface area contributed by atoms with Crippen molar-refractivity contribution >= 4 is 33.6 Å². The summed E-state index contributed by atoms with van der Waals surface area (Å²) >= 11 is 5.00. The molecule has 0 aromatic heterocycles. The fourth-order valence-electron chi connectivity index (χ4n) is 1.79. The van der Waals surface area contributed by atoms with Crippen LogP contribution in [-0.4, -0.2) is 44.6 Å². The van der Waals surface area contributed by atoms with E-state index < -0.39 is 10.9 Å². The largest absolute Gasteiger partial charge is 0.497 e. The average molecular weight is 404 g/mol. The minimum absolute atomic E-state index is 0.0606. The van der Waals surface area contributed by atoms with E-state index in [1.165, 1.54) is 0 Å². The lowest BCUT2D eigenvalue weighted by atomic mass is 10.2. The maximum Gasteiger partial charge on any atom is 0.239 e. The van der Waals surface area contributed by atoms with Gasteiger partial charge in [0.05, 0.1) is 19.1 Å². The molecule has 6 heteroatoms. The molecule has 0 spiro atoms. The van der Waals surface area contributed by atoms with Crippen molar-refractivity contribution in [1.29, 1.82) is 0 Å². The zero-order chi connectivity index (χ0) is 17.6. The van der Waals surface area contributed by atoms with Gasteiger partial charge in [0.1, 0.15) is 10.6 Å². The Kier molecular flexibility index (Phi) is 7.90. The molecule has 130 valence electrons. The van der Waals surface area contributed by atoms with Crippen LogP contribution in [0.3, 0.4) is 0 Å². The second-order valence-electron chi connectivity index (χ2n) is 6.41. The Hall–Kier alpha value is -0.720. The SMILES string of the molecule is COc1ccc(CN(CSC(C)(C)C)C(=O)[C@@H](Br)[C@@H](C)O)cc1. The van der Waals surface area contributed by atoms with Crippen molar-refractivity contribution in [2.45, 2.75) is 49.9 Å². The van der Waals surface area contributed by atoms with Crippen molar-refractivity contribution in [2.24, 2.45) is 0 Å². The van der Waals surface area contributed by atoms with Crippen molar-refractivity contribution < 1.29 is 14.6 Å². The molecule has 23 heavy (non-hydrogen) atoms. The van der Waals surface area contributed by atoms with Gasteiger partial charge in [-0.3, -0.25) is 4.79 Å². The second kappa shape index (κ2) is 8.94. The van der Waals surface area contributed by atoms with Crippen LogP contribution in [-0.2, 0) is 11.3 Å². The zero-order valence-electron chi connectivity index (χ0n) is 14.4. The number of hydrogen-bond acceptors (Lipinski definition) is 4. The molecule has 0 bridgehead atoms. The minimum Gasteiger partial charge on any atom is -0.497 e. The average Bonchev–Trinajstić information content (AvgIpc) is 2.49. The lowest BCUT2D eigenvalue weighted by Gasteiger charge is -2.29. The maximum atomic E-state index is 12.6. The number of methoxy groups -OCH3 is 1. The number of thioether (sulfide) groups is 1. The Morgan fingerprint density at radius 3 is 2.35 bits per heavy atom. The van der Waals surface area contributed by atoms with Crippen LogP contribution in [0.5, 0.6) is 5.75 Å². The number of halogens is 1. The van der Waals surface area contributed by atoms with Crippen LogP contribution in [0.2, 0.25) is 0 Å². The molecule has 0 aliphatic rings. The van der Waals surface area contributed by atoms with Crippen molar-refractivity contribution in [1.82, 2.24) is 4.90 Å². The van der Waals surface area contributed by atoms with E-state index in [0.29, 0.717) is 12.4 Å². The molecular formula is C17H26BrNO3S. The van der Waals surface area contributed by atoms with Crippen molar-refractivity contribution in [3.05, 3.63) is 29.8 Å². The van der Waals surface area contributed by atoms with Crippen molar-refractivity contribution in [2.75, 3.05) is 13.0 Å². The van der Waals surface area contributed by atoms with E-state index in [1.54, 1.807) is 30.7 Å². The van der Waals surface area contributed by atoms with Gasteiger partial charge in [0, 0.05) is 11.3 Å². The predicted molar refractivity (Wildman–Crippen MR) is 100 cm³/mol. The van der Waals surface area contributed by atoms with Crippen LogP contribution >= 0.6 is 27.7 Å². The number of ether oxygens (including phenoxy) is 1. The van der Waals surface area contributed by atoms with E-state index >= 15 is 0 Å². The van der Waals surface area contributed by atoms with E-state index in [1.807, 2.05) is 24.3 Å². The van der Waals surface area contributed by atoms with Crippen molar-refractivity contribution in [3.8, 4) is 5.75 Å². The summed E-state index contributed by atoms with van der Waals surface area (Å²) in [7, 11) is 1.63. The number of aliphatic hydroxyl groups is 1. The summed E-state index contributed by atoms with van der Waals surface area (Å²) < 4.78 is 5.22. The van der Waals surface area contributed by atoms with Crippen LogP contribution < -0.4 is 4.74 Å². The Labute approximate surface area is 151 Å². The van der Waals surface area contributed by atoms with Gasteiger partial charge in [-0.1, -0.05) is 48.8 Å². The van der Waals surface area contributed by atoms with Crippen LogP contribution in [0.1, 0.15) is 33.3 Å². The Balaban J connectivity index is 2.86. The summed E-state index contributed by atoms with van der Waals surface area (Å²) in [6.45, 7) is 8.47. The quantitative estimate of drug-likeness (QED) is 0.557. The molecule has 1 rings (SSSR count). The van der Waals surface area contributed by atoms with Gasteiger partial charge in [0.25, 0.3) is 0 Å². The molecule has 1 amide bonds. The third-order valence-corrected chi connectivity index (χ3v) is 5.62. The highest BCUT2D eigenvalue weighted by molar-refractivity contribution is 9.10. The first-order valence-corrected chi connectivity index (χ1v) is 9.42. The molecule has 0 heterocycles. The second-order valence-corrected chi connectivity index (χ2v) is 9.17. The first kappa shape index (κ1) is 20.3. The fraction of sp³-hybridized carbons (Fsp3) is 0.588. The highest BCUT2D eigenvalue weighted by Crippen LogP contribution is 2.26. The van der Waals surface area contributed by atoms with Crippen molar-refractivity contribution in [3.63, 3.8) is 0 Å². The molecule has 0 unspecified atom stereocenters. The summed E-state index contributed by atoms with van der Waals surface area (Å²) in [5, 5.41) is 9.68. The number of amides is 1. The molecule has 0 fully saturated rings. The van der Waals surface area contributed by atoms with Gasteiger partial charge >= 0.3 is 0 Å². The third-order valence-electron chi connectivity index (χ3n) is 3.16. The standard InChI is InChI=1S/C17H26BrNO3S/c1-12(20)15(18)16(21)19(11-23-17(2,3)4)10-13-6-8-14(22-5)9-7-13/h6-9,12,15,20H,10-11H2,1-5H3/t12-,15+/m1/s1. The topological polar surface area (TPSA) is 49.8 Å². The van der Waals surface area contributed by atoms with Crippen LogP contribution in [0.25, 0.3) is 0 Å². The number of rotatable bonds is 7. The molecule has 0 saturated heterocycles. The minimum atomic E-state index is -0.736. The molecule has 0 saturated carbocycles. The molecule has 4 nitrogen and oxygen atoms in total. The number of aliphatic hydroxyl groups excluding tert-OH is 1. The van der Waals surface area contributed by atoms with Gasteiger partial charge in [-0.25, -0.2) is 0 Å². The van der Waals surface area contributed by atoms with Crippen LogP contribution in [0.15, 0.2) is 24.3 Å². The van der Waals surface area contributed by atoms with Gasteiger partial charge in [-0.2, -0.15) is 0 Å². The smallest absolute Gasteiger partial charge is 0.239 e. The molecule has 0 aliphatic carbocycles. The van der Waals surface area contributed by atoms with Gasteiger partial charge in [0.2, 0.25) is 5.91 Å². The third kappa shape index (κ3) is 7.14. The first-order chi connectivity index (χ1) is 10.6. The number of hydrogen-bond donors (Lipinski definition) is 1. The van der Waals surface area contributed by atoms with E-state index in [2.05, 4.69) is 36.7 Å². The van der Waals surface area contributed by atoms with E-state index in [4.69, 9.17) is 4.74 Å².